The Morgan fingerprint density at radius 3 is 1.12 bits per heavy atom. The number of aliphatic hydroxyl groups excluding tert-OH is 3. The SMILES string of the molecule is C/C(=N\NC(=O)c1ccccc1)c1cccc(/C(C)=N/NC(=O)c2ccccc2)n1.CO.CO.CO.[Cl-].[Cl-].[Cl-].[OH3+].[OH3+].[OH3+].[Tb+3]. The number of hydrogen-bond donors (Lipinski definition) is 5. The third kappa shape index (κ3) is 22.9. The summed E-state index contributed by atoms with van der Waals surface area (Å²) in [5.41, 5.74) is 8.36. The molecule has 2 aromatic carbocycles. The van der Waals surface area contributed by atoms with E-state index in [0.29, 0.717) is 33.9 Å². The molecule has 2 amide bonds. The second kappa shape index (κ2) is 37.8. The van der Waals surface area contributed by atoms with E-state index >= 15 is 0 Å². The number of carbonyl (C=O) groups is 2. The van der Waals surface area contributed by atoms with Crippen molar-refractivity contribution in [3.63, 3.8) is 0 Å². The Labute approximate surface area is 300 Å². The van der Waals surface area contributed by atoms with E-state index in [1.54, 1.807) is 74.5 Å². The number of hydrazone groups is 2. The summed E-state index contributed by atoms with van der Waals surface area (Å²) >= 11 is 0. The Bertz CT molecular complexity index is 1050. The van der Waals surface area contributed by atoms with Gasteiger partial charge in [0.25, 0.3) is 11.8 Å². The molecule has 0 spiro atoms. The summed E-state index contributed by atoms with van der Waals surface area (Å²) in [6.07, 6.45) is 0. The maximum atomic E-state index is 12.1. The van der Waals surface area contributed by atoms with Crippen molar-refractivity contribution in [3.05, 3.63) is 101 Å². The molecule has 3 aromatic rings. The molecule has 0 bridgehead atoms. The van der Waals surface area contributed by atoms with Crippen molar-refractivity contribution in [2.45, 2.75) is 13.8 Å². The molecule has 43 heavy (non-hydrogen) atoms. The third-order valence-corrected chi connectivity index (χ3v) is 4.21. The summed E-state index contributed by atoms with van der Waals surface area (Å²) in [6.45, 7) is 3.50. The molecule has 0 atom stereocenters. The van der Waals surface area contributed by atoms with E-state index in [1.165, 1.54) is 0 Å². The van der Waals surface area contributed by atoms with E-state index in [4.69, 9.17) is 15.3 Å². The van der Waals surface area contributed by atoms with Gasteiger partial charge in [-0.2, -0.15) is 10.2 Å². The van der Waals surface area contributed by atoms with Crippen LogP contribution in [0.1, 0.15) is 46.0 Å². The Kier molecular flexibility index (Phi) is 52.8. The predicted molar refractivity (Wildman–Crippen MR) is 156 cm³/mol. The number of nitrogens with one attached hydrogen (secondary N) is 2. The number of hydrogen-bond acceptors (Lipinski definition) is 8. The van der Waals surface area contributed by atoms with E-state index in [-0.39, 0.29) is 104 Å². The molecule has 246 valence electrons. The number of aliphatic hydroxyl groups is 3. The second-order valence-electron chi connectivity index (χ2n) is 6.42. The molecule has 1 aromatic heterocycles. The molecule has 14 N–H and O–H groups in total. The Hall–Kier alpha value is -2.21. The average Bonchev–Trinajstić information content (AvgIpc) is 2.98. The zero-order valence-corrected chi connectivity index (χ0v) is 28.6. The van der Waals surface area contributed by atoms with Crippen LogP contribution in [0.2, 0.25) is 0 Å². The summed E-state index contributed by atoms with van der Waals surface area (Å²) in [7, 11) is 3.00. The molecule has 1 heterocycles. The van der Waals surface area contributed by atoms with Crippen LogP contribution < -0.4 is 48.1 Å². The number of nitrogens with zero attached hydrogens (tertiary/aromatic N) is 3. The van der Waals surface area contributed by atoms with Crippen LogP contribution in [-0.4, -0.2) is 64.9 Å². The first-order valence-corrected chi connectivity index (χ1v) is 10.7. The standard InChI is InChI=1S/C23H21N5O2.3CH4O.3ClH.3H2O.Tb/c1-16(25-27-22(29)18-10-5-3-6-11-18)20-14-9-15-21(24-20)17(2)26-28-23(30)19-12-7-4-8-13-19;3*1-2;;;;;;;/h3-15H,1-2H3,(H,27,29)(H,28,30);3*2H,1H3;3*1H;3*1H2;/q;;;;;;;;;;+3/b25-16+,26-17+;;;;;;;;;;. The summed E-state index contributed by atoms with van der Waals surface area (Å²) in [5.74, 6) is -0.597. The Morgan fingerprint density at radius 2 is 0.837 bits per heavy atom. The summed E-state index contributed by atoms with van der Waals surface area (Å²) in [6, 6.07) is 23.1. The zero-order valence-electron chi connectivity index (χ0n) is 24.2. The number of halogens is 3. The van der Waals surface area contributed by atoms with E-state index in [1.807, 2.05) is 18.2 Å². The van der Waals surface area contributed by atoms with Gasteiger partial charge in [0, 0.05) is 32.5 Å². The fourth-order valence-electron chi connectivity index (χ4n) is 2.53. The molecule has 0 saturated heterocycles. The molecule has 0 unspecified atom stereocenters. The van der Waals surface area contributed by atoms with Gasteiger partial charge in [-0.05, 0) is 50.2 Å². The van der Waals surface area contributed by atoms with Gasteiger partial charge in [0.2, 0.25) is 0 Å². The summed E-state index contributed by atoms with van der Waals surface area (Å²) in [5, 5.41) is 29.3. The zero-order chi connectivity index (χ0) is 27.3. The first-order chi connectivity index (χ1) is 17.5. The van der Waals surface area contributed by atoms with Crippen molar-refractivity contribution in [2.24, 2.45) is 10.2 Å². The first kappa shape index (κ1) is 60.1. The Morgan fingerprint density at radius 1 is 0.558 bits per heavy atom. The van der Waals surface area contributed by atoms with Crippen LogP contribution in [0.4, 0.5) is 0 Å². The van der Waals surface area contributed by atoms with Crippen LogP contribution in [-0.2, 0) is 16.4 Å². The van der Waals surface area contributed by atoms with Crippen molar-refractivity contribution >= 4 is 23.2 Å². The Balaban J connectivity index is -0.000000148. The number of carbonyl (C=O) groups excluding carboxylic acids is 2. The normalized spacial score (nSPS) is 8.56. The van der Waals surface area contributed by atoms with Crippen LogP contribution in [0, 0.1) is 38.6 Å². The predicted octanol–water partition coefficient (Wildman–Crippen LogP) is -9.54. The minimum Gasteiger partial charge on any atom is -1.00 e. The quantitative estimate of drug-likeness (QED) is 0.0917. The fourth-order valence-corrected chi connectivity index (χ4v) is 2.53. The minimum atomic E-state index is -0.299. The number of aromatic nitrogens is 1. The van der Waals surface area contributed by atoms with Gasteiger partial charge in [-0.3, -0.25) is 9.59 Å². The van der Waals surface area contributed by atoms with E-state index in [0.717, 1.165) is 21.3 Å². The fraction of sp³-hybridized carbons (Fsp3) is 0.192. The smallest absolute Gasteiger partial charge is 1.00 e. The molecule has 0 saturated carbocycles. The number of pyridine rings is 1. The molecular formula is C26H42Cl3N5O8Tb+3. The maximum Gasteiger partial charge on any atom is 3.00 e. The van der Waals surface area contributed by atoms with Crippen LogP contribution >= 0.6 is 0 Å². The van der Waals surface area contributed by atoms with Crippen LogP contribution in [0.15, 0.2) is 89.1 Å². The number of amides is 2. The maximum absolute atomic E-state index is 12.1. The van der Waals surface area contributed by atoms with Crippen molar-refractivity contribution in [2.75, 3.05) is 21.3 Å². The molecule has 3 rings (SSSR count). The average molecular weight is 818 g/mol. The molecule has 0 fully saturated rings. The second-order valence-corrected chi connectivity index (χ2v) is 6.42. The minimum absolute atomic E-state index is 0. The molecule has 0 radical (unpaired) electrons. The van der Waals surface area contributed by atoms with E-state index in [9.17, 15) is 9.59 Å². The van der Waals surface area contributed by atoms with Gasteiger partial charge in [-0.15, -0.1) is 0 Å². The van der Waals surface area contributed by atoms with Gasteiger partial charge in [-0.25, -0.2) is 15.8 Å². The van der Waals surface area contributed by atoms with Crippen LogP contribution in [0.3, 0.4) is 0 Å². The van der Waals surface area contributed by atoms with Gasteiger partial charge in [0.1, 0.15) is 0 Å². The van der Waals surface area contributed by atoms with Gasteiger partial charge in [-0.1, -0.05) is 42.5 Å². The molecule has 0 aliphatic heterocycles. The molecule has 0 aliphatic carbocycles. The van der Waals surface area contributed by atoms with Crippen molar-refractivity contribution in [1.82, 2.24) is 15.8 Å². The van der Waals surface area contributed by atoms with Gasteiger partial charge in [0.15, 0.2) is 0 Å². The van der Waals surface area contributed by atoms with Crippen molar-refractivity contribution in [1.29, 1.82) is 0 Å². The summed E-state index contributed by atoms with van der Waals surface area (Å²) in [4.78, 5) is 28.8. The van der Waals surface area contributed by atoms with Crippen molar-refractivity contribution in [3.8, 4) is 0 Å². The van der Waals surface area contributed by atoms with E-state index < -0.39 is 0 Å². The third-order valence-electron chi connectivity index (χ3n) is 4.21. The number of rotatable bonds is 6. The van der Waals surface area contributed by atoms with E-state index in [2.05, 4.69) is 26.0 Å². The molecule has 13 nitrogen and oxygen atoms in total. The monoisotopic (exact) mass is 816 g/mol. The summed E-state index contributed by atoms with van der Waals surface area (Å²) < 4.78 is 0. The topological polar surface area (TPSA) is 255 Å². The molecule has 17 heteroatoms. The van der Waals surface area contributed by atoms with Gasteiger partial charge in [0.05, 0.1) is 22.8 Å². The molecule has 0 aliphatic rings. The molecular weight excluding hydrogens is 776 g/mol. The van der Waals surface area contributed by atoms with Crippen LogP contribution in [0.5, 0.6) is 0 Å². The number of benzene rings is 2. The first-order valence-electron chi connectivity index (χ1n) is 10.7. The van der Waals surface area contributed by atoms with Gasteiger partial charge >= 0.3 is 38.6 Å². The van der Waals surface area contributed by atoms with Gasteiger partial charge < -0.3 is 69.0 Å². The van der Waals surface area contributed by atoms with Crippen molar-refractivity contribution < 1.29 is 117 Å². The van der Waals surface area contributed by atoms with Crippen LogP contribution in [0.25, 0.3) is 0 Å². The largest absolute Gasteiger partial charge is 3.00 e.